The molecule has 0 atom stereocenters. The minimum absolute atomic E-state index is 0.314. The lowest BCUT2D eigenvalue weighted by Gasteiger charge is -2.05. The summed E-state index contributed by atoms with van der Waals surface area (Å²) in [7, 11) is 0. The summed E-state index contributed by atoms with van der Waals surface area (Å²) >= 11 is 11.7. The number of hydrogen-bond donors (Lipinski definition) is 2. The molecule has 0 bridgehead atoms. The summed E-state index contributed by atoms with van der Waals surface area (Å²) in [5.74, 6) is -0.674. The molecule has 1 amide bonds. The van der Waals surface area contributed by atoms with Crippen LogP contribution in [0.5, 0.6) is 0 Å². The van der Waals surface area contributed by atoms with Crippen LogP contribution in [-0.2, 0) is 0 Å². The molecule has 21 heavy (non-hydrogen) atoms. The largest absolute Gasteiger partial charge is 0.360 e. The van der Waals surface area contributed by atoms with E-state index in [0.717, 1.165) is 0 Å². The summed E-state index contributed by atoms with van der Waals surface area (Å²) in [5.41, 5.74) is 1.52. The molecule has 0 unspecified atom stereocenters. The van der Waals surface area contributed by atoms with Crippen molar-refractivity contribution in [2.75, 3.05) is 5.32 Å². The normalized spacial score (nSPS) is 10.8. The van der Waals surface area contributed by atoms with Crippen molar-refractivity contribution in [2.45, 2.75) is 0 Å². The molecule has 106 valence electrons. The molecule has 0 saturated carbocycles. The smallest absolute Gasteiger partial charge is 0.257 e. The molecule has 0 fully saturated rings. The van der Waals surface area contributed by atoms with Gasteiger partial charge in [0.15, 0.2) is 0 Å². The van der Waals surface area contributed by atoms with Crippen LogP contribution in [0.2, 0.25) is 10.0 Å². The number of carbonyl (C=O) groups excluding carboxylic acids is 1. The van der Waals surface area contributed by atoms with Crippen molar-refractivity contribution in [2.24, 2.45) is 0 Å². The van der Waals surface area contributed by atoms with Crippen molar-refractivity contribution in [3.63, 3.8) is 0 Å². The van der Waals surface area contributed by atoms with E-state index in [4.69, 9.17) is 23.2 Å². The zero-order chi connectivity index (χ0) is 15.0. The number of halogens is 3. The molecule has 3 aromatic rings. The third-order valence-electron chi connectivity index (χ3n) is 3.07. The molecule has 0 aliphatic heterocycles. The van der Waals surface area contributed by atoms with E-state index in [0.29, 0.717) is 32.2 Å². The van der Waals surface area contributed by atoms with Crippen molar-refractivity contribution in [1.29, 1.82) is 0 Å². The number of rotatable bonds is 2. The highest BCUT2D eigenvalue weighted by atomic mass is 35.5. The zero-order valence-corrected chi connectivity index (χ0v) is 12.1. The first-order chi connectivity index (χ1) is 10.0. The number of carbonyl (C=O) groups is 1. The van der Waals surface area contributed by atoms with Gasteiger partial charge in [-0.3, -0.25) is 4.79 Å². The predicted octanol–water partition coefficient (Wildman–Crippen LogP) is 4.87. The maximum atomic E-state index is 13.1. The van der Waals surface area contributed by atoms with E-state index in [1.54, 1.807) is 24.3 Å². The van der Waals surface area contributed by atoms with Gasteiger partial charge in [-0.05, 0) is 36.4 Å². The Balaban J connectivity index is 1.91. The molecule has 6 heteroatoms. The van der Waals surface area contributed by atoms with Gasteiger partial charge in [0.1, 0.15) is 5.82 Å². The molecule has 0 aliphatic carbocycles. The third-order valence-corrected chi connectivity index (χ3v) is 3.80. The Labute approximate surface area is 129 Å². The number of hydrogen-bond acceptors (Lipinski definition) is 1. The monoisotopic (exact) mass is 322 g/mol. The van der Waals surface area contributed by atoms with Gasteiger partial charge in [0.2, 0.25) is 0 Å². The maximum Gasteiger partial charge on any atom is 0.257 e. The van der Waals surface area contributed by atoms with E-state index in [2.05, 4.69) is 10.3 Å². The lowest BCUT2D eigenvalue weighted by Crippen LogP contribution is -2.11. The minimum atomic E-state index is -0.360. The van der Waals surface area contributed by atoms with E-state index in [9.17, 15) is 9.18 Å². The van der Waals surface area contributed by atoms with Crippen LogP contribution in [0.25, 0.3) is 10.9 Å². The first kappa shape index (κ1) is 13.9. The van der Waals surface area contributed by atoms with E-state index in [1.807, 2.05) is 0 Å². The summed E-state index contributed by atoms with van der Waals surface area (Å²) in [6, 6.07) is 9.03. The Bertz CT molecular complexity index is 845. The second-order valence-corrected chi connectivity index (χ2v) is 5.29. The van der Waals surface area contributed by atoms with Crippen LogP contribution >= 0.6 is 23.2 Å². The third kappa shape index (κ3) is 2.73. The molecule has 0 aliphatic rings. The summed E-state index contributed by atoms with van der Waals surface area (Å²) in [6.07, 6.45) is 1.54. The molecular formula is C15H9Cl2FN2O. The molecule has 0 radical (unpaired) electrons. The Hall–Kier alpha value is -2.04. The number of amides is 1. The van der Waals surface area contributed by atoms with Gasteiger partial charge in [-0.1, -0.05) is 23.2 Å². The summed E-state index contributed by atoms with van der Waals surface area (Å²) in [4.78, 5) is 15.1. The Kier molecular flexibility index (Phi) is 3.57. The van der Waals surface area contributed by atoms with Gasteiger partial charge in [0, 0.05) is 22.8 Å². The first-order valence-electron chi connectivity index (χ1n) is 6.07. The van der Waals surface area contributed by atoms with Crippen LogP contribution in [0.3, 0.4) is 0 Å². The van der Waals surface area contributed by atoms with Crippen LogP contribution in [0.15, 0.2) is 42.6 Å². The average molecular weight is 323 g/mol. The number of H-pyrrole nitrogens is 1. The average Bonchev–Trinajstić information content (AvgIpc) is 2.85. The summed E-state index contributed by atoms with van der Waals surface area (Å²) < 4.78 is 13.1. The van der Waals surface area contributed by atoms with Gasteiger partial charge in [0.25, 0.3) is 5.91 Å². The number of fused-ring (bicyclic) bond motifs is 1. The predicted molar refractivity (Wildman–Crippen MR) is 82.7 cm³/mol. The van der Waals surface area contributed by atoms with E-state index >= 15 is 0 Å². The standard InChI is InChI=1S/C15H9Cl2FN2O/c16-12-4-2-9(6-13(12)17)20-15(21)11-7-19-14-5-8(18)1-3-10(11)14/h1-7,19H,(H,20,21). The molecule has 3 nitrogen and oxygen atoms in total. The lowest BCUT2D eigenvalue weighted by molar-refractivity contribution is 0.102. The van der Waals surface area contributed by atoms with Crippen LogP contribution in [0, 0.1) is 5.82 Å². The van der Waals surface area contributed by atoms with Crippen LogP contribution < -0.4 is 5.32 Å². The van der Waals surface area contributed by atoms with Gasteiger partial charge in [0.05, 0.1) is 15.6 Å². The van der Waals surface area contributed by atoms with Crippen LogP contribution in [-0.4, -0.2) is 10.9 Å². The molecule has 0 spiro atoms. The second-order valence-electron chi connectivity index (χ2n) is 4.48. The fourth-order valence-corrected chi connectivity index (χ4v) is 2.36. The van der Waals surface area contributed by atoms with Crippen LogP contribution in [0.1, 0.15) is 10.4 Å². The van der Waals surface area contributed by atoms with Gasteiger partial charge in [-0.25, -0.2) is 4.39 Å². The van der Waals surface area contributed by atoms with Crippen molar-refractivity contribution in [3.8, 4) is 0 Å². The number of aromatic nitrogens is 1. The molecule has 1 heterocycles. The maximum absolute atomic E-state index is 13.1. The minimum Gasteiger partial charge on any atom is -0.360 e. The Morgan fingerprint density at radius 3 is 2.67 bits per heavy atom. The Morgan fingerprint density at radius 1 is 1.10 bits per heavy atom. The first-order valence-corrected chi connectivity index (χ1v) is 6.83. The zero-order valence-electron chi connectivity index (χ0n) is 10.6. The highest BCUT2D eigenvalue weighted by Crippen LogP contribution is 2.26. The number of anilines is 1. The number of nitrogens with one attached hydrogen (secondary N) is 2. The second kappa shape index (κ2) is 5.39. The van der Waals surface area contributed by atoms with Crippen molar-refractivity contribution in [3.05, 3.63) is 64.0 Å². The molecule has 2 N–H and O–H groups in total. The van der Waals surface area contributed by atoms with Gasteiger partial charge in [-0.2, -0.15) is 0 Å². The molecule has 2 aromatic carbocycles. The van der Waals surface area contributed by atoms with Crippen molar-refractivity contribution in [1.82, 2.24) is 4.98 Å². The molecular weight excluding hydrogens is 314 g/mol. The van der Waals surface area contributed by atoms with Gasteiger partial charge >= 0.3 is 0 Å². The van der Waals surface area contributed by atoms with Crippen molar-refractivity contribution >= 4 is 45.7 Å². The topological polar surface area (TPSA) is 44.9 Å². The summed E-state index contributed by atoms with van der Waals surface area (Å²) in [6.45, 7) is 0. The summed E-state index contributed by atoms with van der Waals surface area (Å²) in [5, 5.41) is 4.14. The van der Waals surface area contributed by atoms with Crippen molar-refractivity contribution < 1.29 is 9.18 Å². The molecule has 0 saturated heterocycles. The highest BCUT2D eigenvalue weighted by Gasteiger charge is 2.13. The highest BCUT2D eigenvalue weighted by molar-refractivity contribution is 6.42. The number of benzene rings is 2. The number of aromatic amines is 1. The van der Waals surface area contributed by atoms with Crippen LogP contribution in [0.4, 0.5) is 10.1 Å². The lowest BCUT2D eigenvalue weighted by atomic mass is 10.1. The SMILES string of the molecule is O=C(Nc1ccc(Cl)c(Cl)c1)c1c[nH]c2cc(F)ccc12. The Morgan fingerprint density at radius 2 is 1.90 bits per heavy atom. The van der Waals surface area contributed by atoms with Gasteiger partial charge < -0.3 is 10.3 Å². The van der Waals surface area contributed by atoms with E-state index < -0.39 is 0 Å². The fraction of sp³-hybridized carbons (Fsp3) is 0. The molecule has 3 rings (SSSR count). The fourth-order valence-electron chi connectivity index (χ4n) is 2.06. The van der Waals surface area contributed by atoms with E-state index in [1.165, 1.54) is 18.3 Å². The van der Waals surface area contributed by atoms with Gasteiger partial charge in [-0.15, -0.1) is 0 Å². The quantitative estimate of drug-likeness (QED) is 0.694. The molecule has 1 aromatic heterocycles. The van der Waals surface area contributed by atoms with E-state index in [-0.39, 0.29) is 11.7 Å².